The highest BCUT2D eigenvalue weighted by Crippen LogP contribution is 2.31. The van der Waals surface area contributed by atoms with Gasteiger partial charge in [-0.2, -0.15) is 8.78 Å². The molecule has 1 amide bonds. The molecule has 0 N–H and O–H groups in total. The molecule has 3 aromatic rings. The normalized spacial score (nSPS) is 14.8. The van der Waals surface area contributed by atoms with E-state index in [1.165, 1.54) is 18.2 Å². The smallest absolute Gasteiger partial charge is 0.301 e. The van der Waals surface area contributed by atoms with Crippen molar-refractivity contribution in [2.75, 3.05) is 37.8 Å². The molecule has 1 saturated heterocycles. The molecular formula is C24H23F3N4O. The van der Waals surface area contributed by atoms with E-state index in [2.05, 4.69) is 14.9 Å². The van der Waals surface area contributed by atoms with Crippen LogP contribution in [-0.4, -0.2) is 53.6 Å². The van der Waals surface area contributed by atoms with Crippen LogP contribution in [0.25, 0.3) is 11.1 Å². The van der Waals surface area contributed by atoms with Crippen LogP contribution in [-0.2, 0) is 5.92 Å². The molecular weight excluding hydrogens is 417 g/mol. The van der Waals surface area contributed by atoms with Crippen molar-refractivity contribution in [2.24, 2.45) is 0 Å². The number of nitrogens with zero attached hydrogens (tertiary/aromatic N) is 4. The van der Waals surface area contributed by atoms with E-state index in [0.717, 1.165) is 13.0 Å². The number of aromatic nitrogens is 2. The molecule has 8 heteroatoms. The van der Waals surface area contributed by atoms with E-state index in [0.29, 0.717) is 42.3 Å². The van der Waals surface area contributed by atoms with Crippen molar-refractivity contribution in [2.45, 2.75) is 12.3 Å². The summed E-state index contributed by atoms with van der Waals surface area (Å²) >= 11 is 0. The number of benzene rings is 2. The fourth-order valence-electron chi connectivity index (χ4n) is 3.77. The first-order valence-electron chi connectivity index (χ1n) is 10.4. The van der Waals surface area contributed by atoms with Gasteiger partial charge in [-0.05, 0) is 41.8 Å². The first kappa shape index (κ1) is 21.8. The number of carbonyl (C=O) groups is 1. The Balaban J connectivity index is 1.45. The third kappa shape index (κ3) is 4.74. The topological polar surface area (TPSA) is 49.3 Å². The number of hydrogen-bond acceptors (Lipinski definition) is 4. The Kier molecular flexibility index (Phi) is 6.39. The van der Waals surface area contributed by atoms with Crippen LogP contribution in [0.1, 0.15) is 22.3 Å². The third-order valence-electron chi connectivity index (χ3n) is 5.54. The average molecular weight is 440 g/mol. The molecule has 0 atom stereocenters. The number of carbonyl (C=O) groups excluding carboxylic acids is 1. The summed E-state index contributed by atoms with van der Waals surface area (Å²) in [6.45, 7) is 0.854. The van der Waals surface area contributed by atoms with E-state index in [1.54, 1.807) is 53.7 Å². The lowest BCUT2D eigenvalue weighted by molar-refractivity contribution is -0.0280. The molecule has 1 fully saturated rings. The van der Waals surface area contributed by atoms with Gasteiger partial charge in [0.25, 0.3) is 5.91 Å². The lowest BCUT2D eigenvalue weighted by Crippen LogP contribution is -2.35. The second-order valence-corrected chi connectivity index (χ2v) is 7.68. The Hall–Kier alpha value is -3.42. The van der Waals surface area contributed by atoms with E-state index < -0.39 is 12.6 Å². The molecule has 4 rings (SSSR count). The Morgan fingerprint density at radius 3 is 2.38 bits per heavy atom. The van der Waals surface area contributed by atoms with Crippen LogP contribution in [0.4, 0.5) is 19.1 Å². The number of halogens is 3. The molecule has 0 aliphatic carbocycles. The van der Waals surface area contributed by atoms with Crippen molar-refractivity contribution < 1.29 is 18.0 Å². The van der Waals surface area contributed by atoms with Crippen molar-refractivity contribution in [1.29, 1.82) is 0 Å². The van der Waals surface area contributed by atoms with E-state index >= 15 is 0 Å². The van der Waals surface area contributed by atoms with Gasteiger partial charge in [0.05, 0.1) is 0 Å². The van der Waals surface area contributed by atoms with E-state index in [1.807, 2.05) is 0 Å². The van der Waals surface area contributed by atoms with Crippen LogP contribution < -0.4 is 4.90 Å². The summed E-state index contributed by atoms with van der Waals surface area (Å²) in [5.41, 5.74) is 1.39. The van der Waals surface area contributed by atoms with Crippen LogP contribution in [0.5, 0.6) is 0 Å². The first-order chi connectivity index (χ1) is 15.5. The molecule has 1 aromatic heterocycles. The Bertz CT molecular complexity index is 1060. The minimum atomic E-state index is -3.52. The van der Waals surface area contributed by atoms with E-state index in [-0.39, 0.29) is 11.5 Å². The number of amides is 1. The minimum absolute atomic E-state index is 0.0786. The fourth-order valence-corrected chi connectivity index (χ4v) is 3.77. The van der Waals surface area contributed by atoms with Gasteiger partial charge in [0, 0.05) is 49.7 Å². The van der Waals surface area contributed by atoms with Crippen molar-refractivity contribution in [1.82, 2.24) is 14.9 Å². The van der Waals surface area contributed by atoms with Crippen LogP contribution >= 0.6 is 0 Å². The summed E-state index contributed by atoms with van der Waals surface area (Å²) in [7, 11) is 0. The molecule has 0 unspecified atom stereocenters. The molecule has 2 aromatic carbocycles. The number of rotatable bonds is 5. The molecule has 0 spiro atoms. The Labute approximate surface area is 184 Å². The summed E-state index contributed by atoms with van der Waals surface area (Å²) in [6.07, 6.45) is 4.20. The largest absolute Gasteiger partial charge is 0.339 e. The van der Waals surface area contributed by atoms with Gasteiger partial charge in [0.15, 0.2) is 6.67 Å². The number of alkyl halides is 3. The highest BCUT2D eigenvalue weighted by molar-refractivity contribution is 5.94. The van der Waals surface area contributed by atoms with Crippen molar-refractivity contribution in [3.8, 4) is 11.1 Å². The summed E-state index contributed by atoms with van der Waals surface area (Å²) in [6, 6.07) is 14.3. The zero-order chi connectivity index (χ0) is 22.6. The summed E-state index contributed by atoms with van der Waals surface area (Å²) < 4.78 is 40.0. The summed E-state index contributed by atoms with van der Waals surface area (Å²) in [5.74, 6) is -2.94. The van der Waals surface area contributed by atoms with Crippen LogP contribution in [0, 0.1) is 0 Å². The summed E-state index contributed by atoms with van der Waals surface area (Å²) in [5, 5.41) is 0. The van der Waals surface area contributed by atoms with Gasteiger partial charge in [-0.3, -0.25) is 4.79 Å². The maximum atomic E-state index is 13.7. The van der Waals surface area contributed by atoms with Crippen LogP contribution in [0.15, 0.2) is 67.0 Å². The monoisotopic (exact) mass is 440 g/mol. The zero-order valence-electron chi connectivity index (χ0n) is 17.4. The van der Waals surface area contributed by atoms with Gasteiger partial charge in [-0.15, -0.1) is 0 Å². The molecule has 0 radical (unpaired) electrons. The molecule has 32 heavy (non-hydrogen) atoms. The average Bonchev–Trinajstić information content (AvgIpc) is 3.11. The predicted octanol–water partition coefficient (Wildman–Crippen LogP) is 4.56. The van der Waals surface area contributed by atoms with E-state index in [4.69, 9.17) is 0 Å². The molecule has 2 heterocycles. The van der Waals surface area contributed by atoms with E-state index in [9.17, 15) is 18.0 Å². The SMILES string of the molecule is O=C(c1ccc(-c2cccc(C(F)(F)CF)c2)cc1)N1CCCN(c2ncccn2)CC1. The molecule has 5 nitrogen and oxygen atoms in total. The highest BCUT2D eigenvalue weighted by atomic mass is 19.3. The Morgan fingerprint density at radius 2 is 1.66 bits per heavy atom. The minimum Gasteiger partial charge on any atom is -0.339 e. The van der Waals surface area contributed by atoms with Gasteiger partial charge in [-0.1, -0.05) is 30.3 Å². The molecule has 1 aliphatic heterocycles. The van der Waals surface area contributed by atoms with Gasteiger partial charge in [0.1, 0.15) is 0 Å². The van der Waals surface area contributed by atoms with Gasteiger partial charge < -0.3 is 9.80 Å². The second-order valence-electron chi connectivity index (χ2n) is 7.68. The lowest BCUT2D eigenvalue weighted by atomic mass is 9.99. The standard InChI is InChI=1S/C24H23F3N4O/c25-17-24(26,27)21-5-1-4-20(16-21)18-6-8-19(9-7-18)22(32)30-12-3-13-31(15-14-30)23-28-10-2-11-29-23/h1-2,4-11,16H,3,12-15,17H2. The molecule has 0 bridgehead atoms. The predicted molar refractivity (Wildman–Crippen MR) is 117 cm³/mol. The van der Waals surface area contributed by atoms with Gasteiger partial charge in [-0.25, -0.2) is 14.4 Å². The Morgan fingerprint density at radius 1 is 0.906 bits per heavy atom. The van der Waals surface area contributed by atoms with Gasteiger partial charge in [0.2, 0.25) is 5.95 Å². The molecule has 166 valence electrons. The van der Waals surface area contributed by atoms with Crippen molar-refractivity contribution >= 4 is 11.9 Å². The molecule has 1 aliphatic rings. The third-order valence-corrected chi connectivity index (χ3v) is 5.54. The maximum Gasteiger partial charge on any atom is 0.301 e. The molecule has 0 saturated carbocycles. The van der Waals surface area contributed by atoms with Crippen LogP contribution in [0.3, 0.4) is 0 Å². The number of hydrogen-bond donors (Lipinski definition) is 0. The zero-order valence-corrected chi connectivity index (χ0v) is 17.4. The number of anilines is 1. The van der Waals surface area contributed by atoms with Crippen molar-refractivity contribution in [3.63, 3.8) is 0 Å². The fraction of sp³-hybridized carbons (Fsp3) is 0.292. The van der Waals surface area contributed by atoms with Gasteiger partial charge >= 0.3 is 5.92 Å². The first-order valence-corrected chi connectivity index (χ1v) is 10.4. The quantitative estimate of drug-likeness (QED) is 0.584. The maximum absolute atomic E-state index is 13.7. The highest BCUT2D eigenvalue weighted by Gasteiger charge is 2.31. The van der Waals surface area contributed by atoms with Crippen LogP contribution in [0.2, 0.25) is 0 Å². The lowest BCUT2D eigenvalue weighted by Gasteiger charge is -2.22. The van der Waals surface area contributed by atoms with Crippen molar-refractivity contribution in [3.05, 3.63) is 78.1 Å². The summed E-state index contributed by atoms with van der Waals surface area (Å²) in [4.78, 5) is 25.4. The second kappa shape index (κ2) is 9.38.